The average molecular weight is 615 g/mol. The van der Waals surface area contributed by atoms with Crippen molar-refractivity contribution in [2.75, 3.05) is 76.3 Å². The summed E-state index contributed by atoms with van der Waals surface area (Å²) in [7, 11) is 0. The lowest BCUT2D eigenvalue weighted by atomic mass is 10.2. The van der Waals surface area contributed by atoms with Crippen molar-refractivity contribution < 1.29 is 38.1 Å². The van der Waals surface area contributed by atoms with Crippen LogP contribution in [-0.4, -0.2) is 99.6 Å². The maximum Gasteiger partial charge on any atom is 0.411 e. The molecule has 2 aromatic rings. The Hall–Kier alpha value is -4.16. The van der Waals surface area contributed by atoms with Crippen LogP contribution in [0.1, 0.15) is 55.3 Å². The molecule has 0 saturated heterocycles. The van der Waals surface area contributed by atoms with E-state index in [0.29, 0.717) is 48.8 Å². The van der Waals surface area contributed by atoms with Crippen LogP contribution in [0.25, 0.3) is 0 Å². The van der Waals surface area contributed by atoms with Gasteiger partial charge in [-0.05, 0) is 74.7 Å². The molecule has 2 aromatic carbocycles. The molecular weight excluding hydrogens is 568 g/mol. The summed E-state index contributed by atoms with van der Waals surface area (Å²) in [5.41, 5.74) is 1.67. The molecule has 0 aromatic heterocycles. The number of rotatable bonds is 18. The maximum atomic E-state index is 12.2. The van der Waals surface area contributed by atoms with Gasteiger partial charge in [-0.25, -0.2) is 19.2 Å². The molecule has 0 fully saturated rings. The number of ether oxygens (including phenoxy) is 4. The van der Waals surface area contributed by atoms with Gasteiger partial charge in [-0.2, -0.15) is 0 Å². The number of benzene rings is 2. The Morgan fingerprint density at radius 3 is 1.25 bits per heavy atom. The first-order chi connectivity index (χ1) is 21.2. The smallest absolute Gasteiger partial charge is 0.411 e. The average Bonchev–Trinajstić information content (AvgIpc) is 3.03. The fraction of sp³-hybridized carbons (Fsp3) is 0.500. The number of amides is 2. The number of carbonyl (C=O) groups is 4. The molecule has 12 nitrogen and oxygen atoms in total. The van der Waals surface area contributed by atoms with Gasteiger partial charge in [0, 0.05) is 30.4 Å². The van der Waals surface area contributed by atoms with Crippen molar-refractivity contribution in [2.24, 2.45) is 5.92 Å². The number of esters is 2. The first-order valence-corrected chi connectivity index (χ1v) is 15.1. The van der Waals surface area contributed by atoms with Gasteiger partial charge in [0.1, 0.15) is 13.2 Å². The van der Waals surface area contributed by atoms with Gasteiger partial charge in [0.05, 0.1) is 24.3 Å². The van der Waals surface area contributed by atoms with E-state index in [0.717, 1.165) is 26.2 Å². The van der Waals surface area contributed by atoms with E-state index in [1.165, 1.54) is 0 Å². The zero-order valence-electron chi connectivity index (χ0n) is 26.4. The molecule has 0 aliphatic carbocycles. The zero-order chi connectivity index (χ0) is 32.3. The molecule has 0 radical (unpaired) electrons. The second-order valence-corrected chi connectivity index (χ2v) is 10.0. The van der Waals surface area contributed by atoms with Gasteiger partial charge in [-0.15, -0.1) is 0 Å². The molecule has 12 heteroatoms. The summed E-state index contributed by atoms with van der Waals surface area (Å²) in [6.07, 6.45) is -1.36. The van der Waals surface area contributed by atoms with Crippen LogP contribution in [0.15, 0.2) is 48.5 Å². The van der Waals surface area contributed by atoms with Crippen LogP contribution in [0.2, 0.25) is 0 Å². The van der Waals surface area contributed by atoms with Gasteiger partial charge in [0.2, 0.25) is 0 Å². The van der Waals surface area contributed by atoms with Gasteiger partial charge in [0.25, 0.3) is 0 Å². The van der Waals surface area contributed by atoms with Crippen LogP contribution in [-0.2, 0) is 18.9 Å². The van der Waals surface area contributed by atoms with E-state index in [1.807, 2.05) is 0 Å². The summed E-state index contributed by atoms with van der Waals surface area (Å²) < 4.78 is 21.0. The van der Waals surface area contributed by atoms with Crippen LogP contribution >= 0.6 is 0 Å². The summed E-state index contributed by atoms with van der Waals surface area (Å²) in [5, 5.41) is 5.19. The number of likely N-dealkylation sites (N-methyl/N-ethyl adjacent to an activating group) is 2. The Morgan fingerprint density at radius 2 is 0.932 bits per heavy atom. The highest BCUT2D eigenvalue weighted by Crippen LogP contribution is 2.13. The van der Waals surface area contributed by atoms with Crippen LogP contribution < -0.4 is 10.6 Å². The van der Waals surface area contributed by atoms with Crippen molar-refractivity contribution in [2.45, 2.75) is 34.6 Å². The van der Waals surface area contributed by atoms with E-state index >= 15 is 0 Å². The van der Waals surface area contributed by atoms with E-state index in [-0.39, 0.29) is 19.1 Å². The summed E-state index contributed by atoms with van der Waals surface area (Å²) in [4.78, 5) is 53.1. The predicted octanol–water partition coefficient (Wildman–Crippen LogP) is 5.12. The third-order valence-electron chi connectivity index (χ3n) is 6.80. The van der Waals surface area contributed by atoms with E-state index in [4.69, 9.17) is 18.9 Å². The fourth-order valence-electron chi connectivity index (χ4n) is 3.95. The second kappa shape index (κ2) is 19.9. The van der Waals surface area contributed by atoms with Crippen LogP contribution in [0.4, 0.5) is 21.0 Å². The summed E-state index contributed by atoms with van der Waals surface area (Å²) in [5.74, 6) is -1.13. The monoisotopic (exact) mass is 614 g/mol. The van der Waals surface area contributed by atoms with E-state index in [9.17, 15) is 19.2 Å². The summed E-state index contributed by atoms with van der Waals surface area (Å²) in [6.45, 7) is 15.5. The fourth-order valence-corrected chi connectivity index (χ4v) is 3.95. The molecule has 0 aliphatic rings. The van der Waals surface area contributed by atoms with E-state index < -0.39 is 24.1 Å². The minimum Gasteiger partial charge on any atom is -0.461 e. The standard InChI is InChI=1S/C32H46N4O8/c1-6-35(7-2)18-20-41-29(37)25-10-14-27(15-11-25)33-31(39)43-22-24(5)23-44-32(40)34-28-16-12-26(13-17-28)30(38)42-21-19-36(8-3)9-4/h10-17,24H,6-9,18-23H2,1-5H3,(H,33,39)(H,34,40). The highest BCUT2D eigenvalue weighted by Gasteiger charge is 2.13. The van der Waals surface area contributed by atoms with Crippen molar-refractivity contribution in [1.82, 2.24) is 9.80 Å². The molecular formula is C32H46N4O8. The Balaban J connectivity index is 1.66. The number of hydrogen-bond donors (Lipinski definition) is 2. The number of nitrogens with one attached hydrogen (secondary N) is 2. The molecule has 0 heterocycles. The lowest BCUT2D eigenvalue weighted by Crippen LogP contribution is -2.27. The SMILES string of the molecule is CCN(CC)CCOC(=O)c1ccc(NC(=O)OCC(C)COC(=O)Nc2ccc(C(=O)OCCN(CC)CC)cc2)cc1. The zero-order valence-corrected chi connectivity index (χ0v) is 26.4. The molecule has 0 spiro atoms. The molecule has 2 amide bonds. The maximum absolute atomic E-state index is 12.2. The van der Waals surface area contributed by atoms with Gasteiger partial charge in [0.15, 0.2) is 0 Å². The number of nitrogens with zero attached hydrogens (tertiary/aromatic N) is 2. The van der Waals surface area contributed by atoms with Crippen LogP contribution in [0.3, 0.4) is 0 Å². The molecule has 2 N–H and O–H groups in total. The molecule has 242 valence electrons. The third-order valence-corrected chi connectivity index (χ3v) is 6.80. The quantitative estimate of drug-likeness (QED) is 0.172. The highest BCUT2D eigenvalue weighted by atomic mass is 16.6. The van der Waals surface area contributed by atoms with Gasteiger partial charge in [-0.1, -0.05) is 34.6 Å². The summed E-state index contributed by atoms with van der Waals surface area (Å²) in [6, 6.07) is 12.6. The minimum atomic E-state index is -0.678. The number of anilines is 2. The molecule has 44 heavy (non-hydrogen) atoms. The van der Waals surface area contributed by atoms with Crippen molar-refractivity contribution >= 4 is 35.5 Å². The first-order valence-electron chi connectivity index (χ1n) is 15.1. The minimum absolute atomic E-state index is 0.0150. The van der Waals surface area contributed by atoms with Gasteiger partial charge >= 0.3 is 24.1 Å². The molecule has 2 rings (SSSR count). The van der Waals surface area contributed by atoms with E-state index in [1.54, 1.807) is 55.5 Å². The largest absolute Gasteiger partial charge is 0.461 e. The van der Waals surface area contributed by atoms with E-state index in [2.05, 4.69) is 48.1 Å². The third kappa shape index (κ3) is 13.4. The van der Waals surface area contributed by atoms with Crippen LogP contribution in [0.5, 0.6) is 0 Å². The van der Waals surface area contributed by atoms with Crippen molar-refractivity contribution in [1.29, 1.82) is 0 Å². The lowest BCUT2D eigenvalue weighted by molar-refractivity contribution is 0.0457. The Labute approximate surface area is 260 Å². The molecule has 0 aliphatic heterocycles. The first kappa shape index (κ1) is 36.0. The van der Waals surface area contributed by atoms with Crippen molar-refractivity contribution in [3.05, 3.63) is 59.7 Å². The molecule has 0 bridgehead atoms. The molecule has 0 atom stereocenters. The number of carbonyl (C=O) groups excluding carboxylic acids is 4. The van der Waals surface area contributed by atoms with Crippen LogP contribution in [0, 0.1) is 5.92 Å². The Morgan fingerprint density at radius 1 is 0.591 bits per heavy atom. The van der Waals surface area contributed by atoms with Gasteiger partial charge < -0.3 is 28.7 Å². The second-order valence-electron chi connectivity index (χ2n) is 10.0. The Bertz CT molecular complexity index is 1070. The topological polar surface area (TPSA) is 136 Å². The lowest BCUT2D eigenvalue weighted by Gasteiger charge is -2.17. The Kier molecular flexibility index (Phi) is 16.3. The molecule has 0 saturated carbocycles. The van der Waals surface area contributed by atoms with Crippen molar-refractivity contribution in [3.63, 3.8) is 0 Å². The summed E-state index contributed by atoms with van der Waals surface area (Å²) >= 11 is 0. The predicted molar refractivity (Wildman–Crippen MR) is 168 cm³/mol. The highest BCUT2D eigenvalue weighted by molar-refractivity contribution is 5.92. The van der Waals surface area contributed by atoms with Gasteiger partial charge in [-0.3, -0.25) is 10.6 Å². The van der Waals surface area contributed by atoms with Crippen molar-refractivity contribution in [3.8, 4) is 0 Å². The normalized spacial score (nSPS) is 10.9. The molecule has 0 unspecified atom stereocenters. The number of hydrogen-bond acceptors (Lipinski definition) is 10.